The summed E-state index contributed by atoms with van der Waals surface area (Å²) in [6.07, 6.45) is 6.19. The second-order valence-electron chi connectivity index (χ2n) is 5.14. The molecule has 0 spiro atoms. The second kappa shape index (κ2) is 4.74. The van der Waals surface area contributed by atoms with Crippen molar-refractivity contribution in [1.29, 1.82) is 0 Å². The molecule has 2 aliphatic heterocycles. The maximum Gasteiger partial charge on any atom is 0.161 e. The lowest BCUT2D eigenvalue weighted by Crippen LogP contribution is -2.36. The summed E-state index contributed by atoms with van der Waals surface area (Å²) in [6, 6.07) is 0.538. The number of hydrogen-bond acceptors (Lipinski definition) is 4. The molecule has 0 saturated carbocycles. The molecule has 2 atom stereocenters. The maximum absolute atomic E-state index is 9.84. The van der Waals surface area contributed by atoms with E-state index in [4.69, 9.17) is 0 Å². The molecule has 2 aliphatic rings. The lowest BCUT2D eigenvalue weighted by molar-refractivity contribution is 0.132. The summed E-state index contributed by atoms with van der Waals surface area (Å²) in [5.41, 5.74) is 0. The number of hydrogen-bond donors (Lipinski definition) is 2. The number of aliphatic hydroxyl groups excluding tert-OH is 1. The average Bonchev–Trinajstić information content (AvgIpc) is 2.76. The number of fused-ring (bicyclic) bond motifs is 1. The molecule has 1 aromatic heterocycles. The Bertz CT molecular complexity index is 384. The molecule has 3 rings (SSSR count). The molecular formula is C12H20N4O. The lowest BCUT2D eigenvalue weighted by atomic mass is 10.0. The van der Waals surface area contributed by atoms with Crippen molar-refractivity contribution in [2.75, 3.05) is 6.54 Å². The summed E-state index contributed by atoms with van der Waals surface area (Å²) in [4.78, 5) is 0. The van der Waals surface area contributed by atoms with E-state index in [-0.39, 0.29) is 0 Å². The minimum Gasteiger partial charge on any atom is -0.385 e. The van der Waals surface area contributed by atoms with Crippen LogP contribution in [0, 0.1) is 0 Å². The van der Waals surface area contributed by atoms with Gasteiger partial charge >= 0.3 is 0 Å². The summed E-state index contributed by atoms with van der Waals surface area (Å²) in [6.45, 7) is 2.08. The number of rotatable bonds is 2. The molecular weight excluding hydrogens is 216 g/mol. The van der Waals surface area contributed by atoms with Gasteiger partial charge in [0.05, 0.1) is 0 Å². The van der Waals surface area contributed by atoms with Crippen molar-refractivity contribution < 1.29 is 5.11 Å². The maximum atomic E-state index is 9.84. The highest BCUT2D eigenvalue weighted by atomic mass is 16.3. The fourth-order valence-electron chi connectivity index (χ4n) is 2.88. The predicted octanol–water partition coefficient (Wildman–Crippen LogP) is 0.790. The number of nitrogens with one attached hydrogen (secondary N) is 1. The van der Waals surface area contributed by atoms with E-state index in [1.165, 1.54) is 19.3 Å². The molecule has 94 valence electrons. The molecule has 5 heteroatoms. The van der Waals surface area contributed by atoms with Crippen LogP contribution in [-0.2, 0) is 13.0 Å². The minimum absolute atomic E-state index is 0.413. The van der Waals surface area contributed by atoms with Crippen LogP contribution in [-0.4, -0.2) is 32.5 Å². The molecule has 0 amide bonds. The summed E-state index contributed by atoms with van der Waals surface area (Å²) in [5, 5.41) is 21.8. The van der Waals surface area contributed by atoms with Crippen LogP contribution in [0.4, 0.5) is 0 Å². The van der Waals surface area contributed by atoms with E-state index >= 15 is 0 Å². The zero-order chi connectivity index (χ0) is 11.7. The zero-order valence-corrected chi connectivity index (χ0v) is 10.1. The van der Waals surface area contributed by atoms with E-state index in [9.17, 15) is 5.11 Å². The molecule has 5 nitrogen and oxygen atoms in total. The van der Waals surface area contributed by atoms with Gasteiger partial charge in [-0.2, -0.15) is 0 Å². The van der Waals surface area contributed by atoms with Gasteiger partial charge in [-0.1, -0.05) is 6.42 Å². The normalized spacial score (nSPS) is 29.0. The molecule has 1 fully saturated rings. The van der Waals surface area contributed by atoms with Gasteiger partial charge in [-0.3, -0.25) is 0 Å². The highest BCUT2D eigenvalue weighted by Crippen LogP contribution is 2.24. The van der Waals surface area contributed by atoms with Crippen molar-refractivity contribution in [1.82, 2.24) is 20.1 Å². The molecule has 1 saturated heterocycles. The minimum atomic E-state index is -0.413. The first-order chi connectivity index (χ1) is 8.34. The zero-order valence-electron chi connectivity index (χ0n) is 10.1. The van der Waals surface area contributed by atoms with Crippen LogP contribution in [0.5, 0.6) is 0 Å². The van der Waals surface area contributed by atoms with E-state index < -0.39 is 6.10 Å². The van der Waals surface area contributed by atoms with Crippen LogP contribution < -0.4 is 5.32 Å². The number of aliphatic hydroxyl groups is 1. The van der Waals surface area contributed by atoms with Gasteiger partial charge in [0.15, 0.2) is 5.82 Å². The smallest absolute Gasteiger partial charge is 0.161 e. The molecule has 0 aromatic carbocycles. The van der Waals surface area contributed by atoms with Crippen molar-refractivity contribution in [2.24, 2.45) is 0 Å². The quantitative estimate of drug-likeness (QED) is 0.797. The Labute approximate surface area is 101 Å². The molecule has 2 N–H and O–H groups in total. The Hall–Kier alpha value is -0.940. The van der Waals surface area contributed by atoms with Crippen molar-refractivity contribution >= 4 is 0 Å². The fourth-order valence-corrected chi connectivity index (χ4v) is 2.88. The highest BCUT2D eigenvalue weighted by Gasteiger charge is 2.24. The molecule has 17 heavy (non-hydrogen) atoms. The first-order valence-corrected chi connectivity index (χ1v) is 6.68. The first kappa shape index (κ1) is 11.2. The number of aromatic nitrogens is 3. The Morgan fingerprint density at radius 3 is 3.00 bits per heavy atom. The summed E-state index contributed by atoms with van der Waals surface area (Å²) >= 11 is 0. The monoisotopic (exact) mass is 236 g/mol. The number of piperidine rings is 1. The van der Waals surface area contributed by atoms with Gasteiger partial charge in [-0.25, -0.2) is 0 Å². The van der Waals surface area contributed by atoms with Gasteiger partial charge < -0.3 is 15.0 Å². The standard InChI is InChI=1S/C12H20N4O/c17-10-5-3-7-16-11(14-15-12(10)16)8-9-4-1-2-6-13-9/h9-10,13,17H,1-8H2. The number of nitrogens with zero attached hydrogens (tertiary/aromatic N) is 3. The Morgan fingerprint density at radius 1 is 1.24 bits per heavy atom. The third kappa shape index (κ3) is 2.21. The molecule has 3 heterocycles. The summed E-state index contributed by atoms with van der Waals surface area (Å²) in [7, 11) is 0. The SMILES string of the molecule is OC1CCCn2c(CC3CCCCN3)nnc21. The molecule has 1 aromatic rings. The third-order valence-corrected chi connectivity index (χ3v) is 3.85. The van der Waals surface area contributed by atoms with Crippen LogP contribution in [0.2, 0.25) is 0 Å². The Balaban J connectivity index is 1.74. The van der Waals surface area contributed by atoms with Crippen LogP contribution in [0.25, 0.3) is 0 Å². The summed E-state index contributed by atoms with van der Waals surface area (Å²) < 4.78 is 2.12. The molecule has 2 unspecified atom stereocenters. The van der Waals surface area contributed by atoms with Crippen molar-refractivity contribution in [3.63, 3.8) is 0 Å². The third-order valence-electron chi connectivity index (χ3n) is 3.85. The van der Waals surface area contributed by atoms with E-state index in [0.29, 0.717) is 6.04 Å². The largest absolute Gasteiger partial charge is 0.385 e. The van der Waals surface area contributed by atoms with E-state index in [2.05, 4.69) is 20.1 Å². The van der Waals surface area contributed by atoms with Crippen LogP contribution in [0.3, 0.4) is 0 Å². The van der Waals surface area contributed by atoms with Gasteiger partial charge in [0.1, 0.15) is 11.9 Å². The average molecular weight is 236 g/mol. The lowest BCUT2D eigenvalue weighted by Gasteiger charge is -2.24. The second-order valence-corrected chi connectivity index (χ2v) is 5.14. The van der Waals surface area contributed by atoms with Crippen LogP contribution in [0.15, 0.2) is 0 Å². The Kier molecular flexibility index (Phi) is 3.11. The van der Waals surface area contributed by atoms with Crippen LogP contribution >= 0.6 is 0 Å². The van der Waals surface area contributed by atoms with E-state index in [0.717, 1.165) is 44.0 Å². The molecule has 0 aliphatic carbocycles. The summed E-state index contributed by atoms with van der Waals surface area (Å²) in [5.74, 6) is 1.81. The van der Waals surface area contributed by atoms with E-state index in [1.54, 1.807) is 0 Å². The topological polar surface area (TPSA) is 63.0 Å². The van der Waals surface area contributed by atoms with Gasteiger partial charge in [0.25, 0.3) is 0 Å². The van der Waals surface area contributed by atoms with Crippen molar-refractivity contribution in [3.05, 3.63) is 11.6 Å². The Morgan fingerprint density at radius 2 is 2.18 bits per heavy atom. The molecule has 0 radical (unpaired) electrons. The van der Waals surface area contributed by atoms with Gasteiger partial charge in [0, 0.05) is 19.0 Å². The van der Waals surface area contributed by atoms with Gasteiger partial charge in [-0.15, -0.1) is 10.2 Å². The predicted molar refractivity (Wildman–Crippen MR) is 63.6 cm³/mol. The van der Waals surface area contributed by atoms with Gasteiger partial charge in [-0.05, 0) is 32.2 Å². The fraction of sp³-hybridized carbons (Fsp3) is 0.833. The molecule has 0 bridgehead atoms. The van der Waals surface area contributed by atoms with E-state index in [1.807, 2.05) is 0 Å². The first-order valence-electron chi connectivity index (χ1n) is 6.68. The van der Waals surface area contributed by atoms with Crippen LogP contribution in [0.1, 0.15) is 49.9 Å². The highest BCUT2D eigenvalue weighted by molar-refractivity contribution is 5.03. The van der Waals surface area contributed by atoms with Gasteiger partial charge in [0.2, 0.25) is 0 Å². The van der Waals surface area contributed by atoms with Crippen molar-refractivity contribution in [2.45, 2.75) is 57.2 Å². The van der Waals surface area contributed by atoms with Crippen molar-refractivity contribution in [3.8, 4) is 0 Å².